The van der Waals surface area contributed by atoms with Crippen LogP contribution in [0.5, 0.6) is 0 Å². The number of ether oxygens (including phenoxy) is 1. The van der Waals surface area contributed by atoms with E-state index < -0.39 is 0 Å². The van der Waals surface area contributed by atoms with Crippen molar-refractivity contribution in [2.45, 2.75) is 13.1 Å². The molecule has 0 amide bonds. The first-order valence-electron chi connectivity index (χ1n) is 5.76. The first-order valence-corrected chi connectivity index (χ1v) is 5.76. The van der Waals surface area contributed by atoms with Crippen LogP contribution in [0.25, 0.3) is 0 Å². The van der Waals surface area contributed by atoms with Crippen LogP contribution >= 0.6 is 0 Å². The van der Waals surface area contributed by atoms with Crippen molar-refractivity contribution in [2.24, 2.45) is 5.73 Å². The van der Waals surface area contributed by atoms with Crippen LogP contribution in [0.1, 0.15) is 21.6 Å². The van der Waals surface area contributed by atoms with Gasteiger partial charge in [0, 0.05) is 19.3 Å². The Morgan fingerprint density at radius 1 is 1.28 bits per heavy atom. The largest absolute Gasteiger partial charge is 0.464 e. The summed E-state index contributed by atoms with van der Waals surface area (Å²) < 4.78 is 6.64. The van der Waals surface area contributed by atoms with Gasteiger partial charge < -0.3 is 15.0 Å². The number of carbonyl (C=O) groups excluding carboxylic acids is 1. The first-order chi connectivity index (χ1) is 8.74. The maximum atomic E-state index is 11.7. The average Bonchev–Trinajstić information content (AvgIpc) is 2.82. The number of aromatic nitrogens is 1. The highest BCUT2D eigenvalue weighted by Gasteiger charge is 2.13. The van der Waals surface area contributed by atoms with Crippen LogP contribution in [-0.4, -0.2) is 17.6 Å². The molecule has 0 aliphatic heterocycles. The summed E-state index contributed by atoms with van der Waals surface area (Å²) in [6, 6.07) is 11.7. The number of methoxy groups -OCH3 is 1. The van der Waals surface area contributed by atoms with Crippen LogP contribution in [0.2, 0.25) is 0 Å². The minimum atomic E-state index is -0.342. The number of carbonyl (C=O) groups is 1. The summed E-state index contributed by atoms with van der Waals surface area (Å²) in [5.41, 5.74) is 8.18. The Balaban J connectivity index is 2.31. The Morgan fingerprint density at radius 3 is 2.61 bits per heavy atom. The number of nitrogens with two attached hydrogens (primary N) is 1. The Kier molecular flexibility index (Phi) is 3.79. The molecule has 0 bridgehead atoms. The van der Waals surface area contributed by atoms with Gasteiger partial charge in [0.1, 0.15) is 5.69 Å². The lowest BCUT2D eigenvalue weighted by atomic mass is 10.2. The quantitative estimate of drug-likeness (QED) is 0.834. The molecule has 0 aliphatic rings. The van der Waals surface area contributed by atoms with Gasteiger partial charge in [-0.3, -0.25) is 0 Å². The second-order valence-corrected chi connectivity index (χ2v) is 4.04. The van der Waals surface area contributed by atoms with Crippen molar-refractivity contribution in [2.75, 3.05) is 7.11 Å². The lowest BCUT2D eigenvalue weighted by Crippen LogP contribution is -2.10. The molecular formula is C14H16N2O2. The third-order valence-electron chi connectivity index (χ3n) is 2.78. The number of esters is 1. The van der Waals surface area contributed by atoms with Crippen LogP contribution in [0.4, 0.5) is 0 Å². The van der Waals surface area contributed by atoms with Gasteiger partial charge in [-0.15, -0.1) is 0 Å². The van der Waals surface area contributed by atoms with Crippen molar-refractivity contribution in [3.05, 3.63) is 59.4 Å². The van der Waals surface area contributed by atoms with Gasteiger partial charge in [0.15, 0.2) is 0 Å². The molecule has 1 aromatic carbocycles. The molecular weight excluding hydrogens is 228 g/mol. The van der Waals surface area contributed by atoms with Crippen LogP contribution in [0, 0.1) is 0 Å². The minimum Gasteiger partial charge on any atom is -0.464 e. The number of hydrogen-bond donors (Lipinski definition) is 1. The molecule has 0 unspecified atom stereocenters. The standard InChI is InChI=1S/C14H16N2O2/c1-18-14(17)13-7-12(8-15)10-16(13)9-11-5-3-2-4-6-11/h2-7,10H,8-9,15H2,1H3. The zero-order valence-corrected chi connectivity index (χ0v) is 10.3. The van der Waals surface area contributed by atoms with Gasteiger partial charge in [0.05, 0.1) is 7.11 Å². The zero-order valence-electron chi connectivity index (χ0n) is 10.3. The van der Waals surface area contributed by atoms with E-state index in [4.69, 9.17) is 10.5 Å². The highest BCUT2D eigenvalue weighted by molar-refractivity contribution is 5.88. The molecule has 0 saturated heterocycles. The number of rotatable bonds is 4. The smallest absolute Gasteiger partial charge is 0.354 e. The van der Waals surface area contributed by atoms with E-state index in [1.54, 1.807) is 6.07 Å². The fourth-order valence-corrected chi connectivity index (χ4v) is 1.87. The summed E-state index contributed by atoms with van der Waals surface area (Å²) in [6.07, 6.45) is 1.89. The van der Waals surface area contributed by atoms with Crippen molar-refractivity contribution in [1.29, 1.82) is 0 Å². The zero-order chi connectivity index (χ0) is 13.0. The van der Waals surface area contributed by atoms with Gasteiger partial charge in [-0.05, 0) is 17.2 Å². The van der Waals surface area contributed by atoms with E-state index in [0.717, 1.165) is 11.1 Å². The molecule has 0 aliphatic carbocycles. The molecule has 2 rings (SSSR count). The highest BCUT2D eigenvalue weighted by Crippen LogP contribution is 2.12. The van der Waals surface area contributed by atoms with Crippen molar-refractivity contribution in [1.82, 2.24) is 4.57 Å². The van der Waals surface area contributed by atoms with Crippen LogP contribution < -0.4 is 5.73 Å². The topological polar surface area (TPSA) is 57.2 Å². The van der Waals surface area contributed by atoms with Gasteiger partial charge in [-0.25, -0.2) is 4.79 Å². The van der Waals surface area contributed by atoms with E-state index in [9.17, 15) is 4.79 Å². The molecule has 1 aromatic heterocycles. The molecule has 0 fully saturated rings. The molecule has 0 saturated carbocycles. The summed E-state index contributed by atoms with van der Waals surface area (Å²) in [7, 11) is 1.38. The van der Waals surface area contributed by atoms with Gasteiger partial charge in [-0.1, -0.05) is 30.3 Å². The summed E-state index contributed by atoms with van der Waals surface area (Å²) in [6.45, 7) is 1.04. The Labute approximate surface area is 106 Å². The van der Waals surface area contributed by atoms with E-state index in [1.165, 1.54) is 7.11 Å². The normalized spacial score (nSPS) is 10.3. The molecule has 4 heteroatoms. The van der Waals surface area contributed by atoms with E-state index in [0.29, 0.717) is 18.8 Å². The molecule has 0 spiro atoms. The summed E-state index contributed by atoms with van der Waals surface area (Å²) >= 11 is 0. The van der Waals surface area contributed by atoms with Crippen molar-refractivity contribution < 1.29 is 9.53 Å². The third kappa shape index (κ3) is 2.60. The van der Waals surface area contributed by atoms with E-state index in [-0.39, 0.29) is 5.97 Å². The molecule has 4 nitrogen and oxygen atoms in total. The fraction of sp³-hybridized carbons (Fsp3) is 0.214. The molecule has 1 heterocycles. The van der Waals surface area contributed by atoms with E-state index >= 15 is 0 Å². The minimum absolute atomic E-state index is 0.342. The van der Waals surface area contributed by atoms with Crippen LogP contribution in [-0.2, 0) is 17.8 Å². The highest BCUT2D eigenvalue weighted by atomic mass is 16.5. The maximum Gasteiger partial charge on any atom is 0.354 e. The Morgan fingerprint density at radius 2 is 2.00 bits per heavy atom. The molecule has 94 valence electrons. The predicted octanol–water partition coefficient (Wildman–Crippen LogP) is 1.78. The lowest BCUT2D eigenvalue weighted by Gasteiger charge is -2.07. The molecule has 18 heavy (non-hydrogen) atoms. The molecule has 2 N–H and O–H groups in total. The first kappa shape index (κ1) is 12.4. The predicted molar refractivity (Wildman–Crippen MR) is 69.2 cm³/mol. The number of hydrogen-bond acceptors (Lipinski definition) is 3. The second-order valence-electron chi connectivity index (χ2n) is 4.04. The van der Waals surface area contributed by atoms with Crippen molar-refractivity contribution in [3.63, 3.8) is 0 Å². The van der Waals surface area contributed by atoms with E-state index in [1.807, 2.05) is 41.1 Å². The monoisotopic (exact) mass is 244 g/mol. The Hall–Kier alpha value is -2.07. The summed E-state index contributed by atoms with van der Waals surface area (Å²) in [5, 5.41) is 0. The van der Waals surface area contributed by atoms with Crippen molar-refractivity contribution >= 4 is 5.97 Å². The summed E-state index contributed by atoms with van der Waals surface area (Å²) in [4.78, 5) is 11.7. The van der Waals surface area contributed by atoms with Crippen LogP contribution in [0.15, 0.2) is 42.6 Å². The van der Waals surface area contributed by atoms with Gasteiger partial charge in [-0.2, -0.15) is 0 Å². The van der Waals surface area contributed by atoms with Gasteiger partial charge in [0.25, 0.3) is 0 Å². The lowest BCUT2D eigenvalue weighted by molar-refractivity contribution is 0.0589. The molecule has 0 radical (unpaired) electrons. The third-order valence-corrected chi connectivity index (χ3v) is 2.78. The van der Waals surface area contributed by atoms with Crippen LogP contribution in [0.3, 0.4) is 0 Å². The summed E-state index contributed by atoms with van der Waals surface area (Å²) in [5.74, 6) is -0.342. The SMILES string of the molecule is COC(=O)c1cc(CN)cn1Cc1ccccc1. The Bertz CT molecular complexity index is 532. The van der Waals surface area contributed by atoms with Gasteiger partial charge in [0.2, 0.25) is 0 Å². The van der Waals surface area contributed by atoms with Crippen molar-refractivity contribution in [3.8, 4) is 0 Å². The number of nitrogens with zero attached hydrogens (tertiary/aromatic N) is 1. The van der Waals surface area contributed by atoms with E-state index in [2.05, 4.69) is 0 Å². The fourth-order valence-electron chi connectivity index (χ4n) is 1.87. The average molecular weight is 244 g/mol. The number of benzene rings is 1. The molecule has 2 aromatic rings. The van der Waals surface area contributed by atoms with Gasteiger partial charge >= 0.3 is 5.97 Å². The maximum absolute atomic E-state index is 11.7. The second kappa shape index (κ2) is 5.51. The molecule has 0 atom stereocenters.